The van der Waals surface area contributed by atoms with Crippen LogP contribution in [0.2, 0.25) is 0 Å². The van der Waals surface area contributed by atoms with Crippen LogP contribution in [0.15, 0.2) is 37.6 Å². The first-order valence-corrected chi connectivity index (χ1v) is 3.44. The molecule has 0 atom stereocenters. The SMILES string of the molecule is C=CC(=C)OCCOC(=O)C=C. The lowest BCUT2D eigenvalue weighted by atomic mass is 10.5. The Hall–Kier alpha value is -1.51. The molecule has 66 valence electrons. The van der Waals surface area contributed by atoms with Crippen molar-refractivity contribution < 1.29 is 14.3 Å². The molecule has 0 amide bonds. The molecular weight excluding hydrogens is 156 g/mol. The number of esters is 1. The van der Waals surface area contributed by atoms with Crippen molar-refractivity contribution in [2.75, 3.05) is 13.2 Å². The molecule has 0 N–H and O–H groups in total. The standard InChI is InChI=1S/C9H12O3/c1-4-8(3)11-6-7-12-9(10)5-2/h4-5H,1-3,6-7H2. The zero-order chi connectivity index (χ0) is 9.40. The van der Waals surface area contributed by atoms with Gasteiger partial charge in [-0.05, 0) is 6.08 Å². The second-order valence-electron chi connectivity index (χ2n) is 1.89. The number of hydrogen-bond donors (Lipinski definition) is 0. The summed E-state index contributed by atoms with van der Waals surface area (Å²) in [5.41, 5.74) is 0. The van der Waals surface area contributed by atoms with Crippen molar-refractivity contribution in [3.8, 4) is 0 Å². The zero-order valence-corrected chi connectivity index (χ0v) is 6.91. The summed E-state index contributed by atoms with van der Waals surface area (Å²) in [6.07, 6.45) is 2.58. The minimum Gasteiger partial charge on any atom is -0.491 e. The van der Waals surface area contributed by atoms with Gasteiger partial charge in [-0.3, -0.25) is 0 Å². The van der Waals surface area contributed by atoms with E-state index in [9.17, 15) is 4.79 Å². The highest BCUT2D eigenvalue weighted by atomic mass is 16.6. The van der Waals surface area contributed by atoms with E-state index in [4.69, 9.17) is 4.74 Å². The summed E-state index contributed by atoms with van der Waals surface area (Å²) in [6, 6.07) is 0. The second kappa shape index (κ2) is 6.22. The van der Waals surface area contributed by atoms with Crippen LogP contribution < -0.4 is 0 Å². The Morgan fingerprint density at radius 3 is 2.25 bits per heavy atom. The van der Waals surface area contributed by atoms with Crippen LogP contribution in [0.3, 0.4) is 0 Å². The van der Waals surface area contributed by atoms with Gasteiger partial charge < -0.3 is 9.47 Å². The van der Waals surface area contributed by atoms with Gasteiger partial charge in [0.2, 0.25) is 0 Å². The molecule has 0 spiro atoms. The van der Waals surface area contributed by atoms with E-state index in [-0.39, 0.29) is 13.2 Å². The van der Waals surface area contributed by atoms with Gasteiger partial charge in [0, 0.05) is 6.08 Å². The molecule has 0 bridgehead atoms. The van der Waals surface area contributed by atoms with Gasteiger partial charge in [0.1, 0.15) is 19.0 Å². The van der Waals surface area contributed by atoms with Gasteiger partial charge in [0.15, 0.2) is 0 Å². The first-order valence-electron chi connectivity index (χ1n) is 3.44. The third-order valence-electron chi connectivity index (χ3n) is 1.01. The van der Waals surface area contributed by atoms with Gasteiger partial charge in [-0.2, -0.15) is 0 Å². The minimum atomic E-state index is -0.456. The first kappa shape index (κ1) is 10.5. The van der Waals surface area contributed by atoms with Crippen molar-refractivity contribution in [2.24, 2.45) is 0 Å². The predicted molar refractivity (Wildman–Crippen MR) is 46.4 cm³/mol. The fraction of sp³-hybridized carbons (Fsp3) is 0.222. The monoisotopic (exact) mass is 168 g/mol. The molecule has 0 rings (SSSR count). The summed E-state index contributed by atoms with van der Waals surface area (Å²) < 4.78 is 9.59. The molecule has 12 heavy (non-hydrogen) atoms. The topological polar surface area (TPSA) is 35.5 Å². The summed E-state index contributed by atoms with van der Waals surface area (Å²) in [4.78, 5) is 10.5. The van der Waals surface area contributed by atoms with Crippen molar-refractivity contribution in [1.82, 2.24) is 0 Å². The smallest absolute Gasteiger partial charge is 0.330 e. The molecule has 0 aromatic rings. The van der Waals surface area contributed by atoms with Crippen molar-refractivity contribution in [3.63, 3.8) is 0 Å². The van der Waals surface area contributed by atoms with E-state index in [0.29, 0.717) is 5.76 Å². The zero-order valence-electron chi connectivity index (χ0n) is 6.91. The average Bonchev–Trinajstić information content (AvgIpc) is 2.11. The molecular formula is C9H12O3. The Morgan fingerprint density at radius 1 is 1.17 bits per heavy atom. The first-order chi connectivity index (χ1) is 5.70. The number of carbonyl (C=O) groups excluding carboxylic acids is 1. The number of rotatable bonds is 6. The number of allylic oxidation sites excluding steroid dienone is 1. The third kappa shape index (κ3) is 5.29. The van der Waals surface area contributed by atoms with Gasteiger partial charge in [-0.1, -0.05) is 19.7 Å². The molecule has 0 aromatic heterocycles. The highest BCUT2D eigenvalue weighted by Crippen LogP contribution is 1.92. The quantitative estimate of drug-likeness (QED) is 0.198. The van der Waals surface area contributed by atoms with Crippen LogP contribution in [0.25, 0.3) is 0 Å². The Labute approximate surface area is 72.0 Å². The number of carbonyl (C=O) groups is 1. The Kier molecular flexibility index (Phi) is 5.43. The van der Waals surface area contributed by atoms with Crippen LogP contribution in [0.4, 0.5) is 0 Å². The van der Waals surface area contributed by atoms with Crippen LogP contribution in [-0.4, -0.2) is 19.2 Å². The van der Waals surface area contributed by atoms with Gasteiger partial charge in [0.05, 0.1) is 0 Å². The third-order valence-corrected chi connectivity index (χ3v) is 1.01. The highest BCUT2D eigenvalue weighted by molar-refractivity contribution is 5.81. The van der Waals surface area contributed by atoms with Crippen LogP contribution in [0.5, 0.6) is 0 Å². The fourth-order valence-corrected chi connectivity index (χ4v) is 0.433. The van der Waals surface area contributed by atoms with E-state index in [0.717, 1.165) is 6.08 Å². The normalized spacial score (nSPS) is 8.33. The maximum absolute atomic E-state index is 10.5. The minimum absolute atomic E-state index is 0.192. The molecule has 0 heterocycles. The van der Waals surface area contributed by atoms with E-state index in [1.54, 1.807) is 0 Å². The molecule has 3 heteroatoms. The van der Waals surface area contributed by atoms with E-state index in [2.05, 4.69) is 24.5 Å². The molecule has 3 nitrogen and oxygen atoms in total. The summed E-state index contributed by atoms with van der Waals surface area (Å²) in [6.45, 7) is 10.7. The summed E-state index contributed by atoms with van der Waals surface area (Å²) in [5.74, 6) is 0.00691. The van der Waals surface area contributed by atoms with Gasteiger partial charge in [0.25, 0.3) is 0 Å². The molecule has 0 aliphatic carbocycles. The van der Waals surface area contributed by atoms with Crippen molar-refractivity contribution in [2.45, 2.75) is 0 Å². The summed E-state index contributed by atoms with van der Waals surface area (Å²) >= 11 is 0. The molecule has 0 radical (unpaired) electrons. The van der Waals surface area contributed by atoms with Gasteiger partial charge in [-0.15, -0.1) is 0 Å². The second-order valence-corrected chi connectivity index (χ2v) is 1.89. The maximum atomic E-state index is 10.5. The molecule has 0 aliphatic rings. The van der Waals surface area contributed by atoms with Crippen LogP contribution in [-0.2, 0) is 14.3 Å². The summed E-state index contributed by atoms with van der Waals surface area (Å²) in [5, 5.41) is 0. The fourth-order valence-electron chi connectivity index (χ4n) is 0.433. The lowest BCUT2D eigenvalue weighted by Crippen LogP contribution is -2.07. The lowest BCUT2D eigenvalue weighted by molar-refractivity contribution is -0.138. The van der Waals surface area contributed by atoms with E-state index in [1.165, 1.54) is 6.08 Å². The number of ether oxygens (including phenoxy) is 2. The van der Waals surface area contributed by atoms with E-state index < -0.39 is 5.97 Å². The van der Waals surface area contributed by atoms with Crippen LogP contribution >= 0.6 is 0 Å². The van der Waals surface area contributed by atoms with Crippen molar-refractivity contribution >= 4 is 5.97 Å². The molecule has 0 unspecified atom stereocenters. The molecule has 0 saturated heterocycles. The van der Waals surface area contributed by atoms with Crippen LogP contribution in [0, 0.1) is 0 Å². The maximum Gasteiger partial charge on any atom is 0.330 e. The van der Waals surface area contributed by atoms with Crippen molar-refractivity contribution in [3.05, 3.63) is 37.6 Å². The molecule has 0 aliphatic heterocycles. The predicted octanol–water partition coefficient (Wildman–Crippen LogP) is 1.43. The van der Waals surface area contributed by atoms with Gasteiger partial charge in [-0.25, -0.2) is 4.79 Å². The molecule has 0 aromatic carbocycles. The van der Waals surface area contributed by atoms with Crippen LogP contribution in [0.1, 0.15) is 0 Å². The van der Waals surface area contributed by atoms with Gasteiger partial charge >= 0.3 is 5.97 Å². The molecule has 0 fully saturated rings. The largest absolute Gasteiger partial charge is 0.491 e. The molecule has 0 saturated carbocycles. The Morgan fingerprint density at radius 2 is 1.75 bits per heavy atom. The average molecular weight is 168 g/mol. The highest BCUT2D eigenvalue weighted by Gasteiger charge is 1.94. The van der Waals surface area contributed by atoms with E-state index in [1.807, 2.05) is 0 Å². The lowest BCUT2D eigenvalue weighted by Gasteiger charge is -2.04. The number of hydrogen-bond acceptors (Lipinski definition) is 3. The van der Waals surface area contributed by atoms with E-state index >= 15 is 0 Å². The Balaban J connectivity index is 3.32. The Bertz CT molecular complexity index is 172. The summed E-state index contributed by atoms with van der Waals surface area (Å²) in [7, 11) is 0. The van der Waals surface area contributed by atoms with Crippen molar-refractivity contribution in [1.29, 1.82) is 0 Å².